The predicted molar refractivity (Wildman–Crippen MR) is 85.1 cm³/mol. The molecule has 0 fully saturated rings. The first-order chi connectivity index (χ1) is 11.1. The molecule has 3 aromatic rings. The third-order valence-electron chi connectivity index (χ3n) is 3.13. The highest BCUT2D eigenvalue weighted by atomic mass is 19.1. The highest BCUT2D eigenvalue weighted by Gasteiger charge is 2.14. The topological polar surface area (TPSA) is 71.8 Å². The second kappa shape index (κ2) is 6.27. The van der Waals surface area contributed by atoms with E-state index < -0.39 is 5.82 Å². The molecule has 0 spiro atoms. The molecule has 0 atom stereocenters. The van der Waals surface area contributed by atoms with Crippen molar-refractivity contribution in [2.45, 2.75) is 0 Å². The third kappa shape index (κ3) is 3.34. The third-order valence-corrected chi connectivity index (χ3v) is 3.13. The van der Waals surface area contributed by atoms with Crippen LogP contribution in [0, 0.1) is 5.82 Å². The number of amides is 1. The van der Waals surface area contributed by atoms with Crippen LogP contribution in [0.1, 0.15) is 10.4 Å². The van der Waals surface area contributed by atoms with Gasteiger partial charge in [0.05, 0.1) is 11.3 Å². The Morgan fingerprint density at radius 3 is 2.74 bits per heavy atom. The minimum absolute atomic E-state index is 0.248. The van der Waals surface area contributed by atoms with Crippen molar-refractivity contribution in [3.63, 3.8) is 0 Å². The number of anilines is 3. The number of hydrogen-bond acceptors (Lipinski definition) is 4. The van der Waals surface area contributed by atoms with E-state index in [-0.39, 0.29) is 17.4 Å². The van der Waals surface area contributed by atoms with Crippen LogP contribution in [0.3, 0.4) is 0 Å². The van der Waals surface area contributed by atoms with Gasteiger partial charge in [0.2, 0.25) is 0 Å². The zero-order valence-electron chi connectivity index (χ0n) is 12.3. The first-order valence-electron chi connectivity index (χ1n) is 6.91. The molecular formula is C16H14FN5O. The Balaban J connectivity index is 1.85. The van der Waals surface area contributed by atoms with Crippen LogP contribution in [-0.4, -0.2) is 20.7 Å². The maximum Gasteiger partial charge on any atom is 0.260 e. The van der Waals surface area contributed by atoms with Gasteiger partial charge in [0.1, 0.15) is 11.6 Å². The summed E-state index contributed by atoms with van der Waals surface area (Å²) in [5.74, 6) is -0.103. The number of rotatable bonds is 4. The van der Waals surface area contributed by atoms with Crippen molar-refractivity contribution in [2.75, 3.05) is 10.6 Å². The molecule has 0 aliphatic carbocycles. The zero-order valence-corrected chi connectivity index (χ0v) is 12.3. The summed E-state index contributed by atoms with van der Waals surface area (Å²) in [5, 5.41) is 9.60. The van der Waals surface area contributed by atoms with Crippen molar-refractivity contribution >= 4 is 23.2 Å². The average molecular weight is 311 g/mol. The fourth-order valence-electron chi connectivity index (χ4n) is 2.04. The molecule has 1 amide bonds. The highest BCUT2D eigenvalue weighted by Crippen LogP contribution is 2.21. The molecule has 3 rings (SSSR count). The summed E-state index contributed by atoms with van der Waals surface area (Å²) >= 11 is 0. The van der Waals surface area contributed by atoms with Gasteiger partial charge in [-0.05, 0) is 24.3 Å². The summed E-state index contributed by atoms with van der Waals surface area (Å²) in [7, 11) is 1.75. The SMILES string of the molecule is Cn1ccc(NC(=O)c2cccnc2Nc2ccccc2F)n1. The Morgan fingerprint density at radius 2 is 2.00 bits per heavy atom. The number of pyridine rings is 1. The Labute approximate surface area is 132 Å². The lowest BCUT2D eigenvalue weighted by Gasteiger charge is -2.11. The normalized spacial score (nSPS) is 10.3. The van der Waals surface area contributed by atoms with Crippen LogP contribution in [0.2, 0.25) is 0 Å². The van der Waals surface area contributed by atoms with Gasteiger partial charge >= 0.3 is 0 Å². The Hall–Kier alpha value is -3.22. The van der Waals surface area contributed by atoms with Crippen LogP contribution in [0.25, 0.3) is 0 Å². The van der Waals surface area contributed by atoms with E-state index in [9.17, 15) is 9.18 Å². The summed E-state index contributed by atoms with van der Waals surface area (Å²) < 4.78 is 15.3. The summed E-state index contributed by atoms with van der Waals surface area (Å²) in [5.41, 5.74) is 0.541. The van der Waals surface area contributed by atoms with Gasteiger partial charge in [0.25, 0.3) is 5.91 Å². The number of halogens is 1. The Morgan fingerprint density at radius 1 is 1.17 bits per heavy atom. The van der Waals surface area contributed by atoms with Crippen LogP contribution in [0.5, 0.6) is 0 Å². The van der Waals surface area contributed by atoms with Crippen molar-refractivity contribution in [3.8, 4) is 0 Å². The molecule has 23 heavy (non-hydrogen) atoms. The minimum atomic E-state index is -0.422. The lowest BCUT2D eigenvalue weighted by Crippen LogP contribution is -2.15. The molecule has 1 aromatic carbocycles. The molecule has 116 valence electrons. The van der Waals surface area contributed by atoms with E-state index >= 15 is 0 Å². The molecule has 2 N–H and O–H groups in total. The lowest BCUT2D eigenvalue weighted by molar-refractivity contribution is 0.102. The predicted octanol–water partition coefficient (Wildman–Crippen LogP) is 2.95. The van der Waals surface area contributed by atoms with E-state index in [1.54, 1.807) is 54.3 Å². The number of aryl methyl sites for hydroxylation is 1. The second-order valence-corrected chi connectivity index (χ2v) is 4.83. The molecule has 0 radical (unpaired) electrons. The van der Waals surface area contributed by atoms with Gasteiger partial charge in [-0.15, -0.1) is 0 Å². The molecule has 0 aliphatic rings. The maximum atomic E-state index is 13.8. The summed E-state index contributed by atoms with van der Waals surface area (Å²) in [6, 6.07) is 11.1. The zero-order chi connectivity index (χ0) is 16.2. The first kappa shape index (κ1) is 14.7. The summed E-state index contributed by atoms with van der Waals surface area (Å²) in [6.07, 6.45) is 3.25. The van der Waals surface area contributed by atoms with Crippen LogP contribution in [-0.2, 0) is 7.05 Å². The van der Waals surface area contributed by atoms with Gasteiger partial charge in [0.15, 0.2) is 5.82 Å². The number of benzene rings is 1. The number of aromatic nitrogens is 3. The monoisotopic (exact) mass is 311 g/mol. The maximum absolute atomic E-state index is 13.8. The van der Waals surface area contributed by atoms with E-state index in [0.29, 0.717) is 11.4 Å². The Bertz CT molecular complexity index is 846. The summed E-state index contributed by atoms with van der Waals surface area (Å²) in [6.45, 7) is 0. The number of carbonyl (C=O) groups excluding carboxylic acids is 1. The smallest absolute Gasteiger partial charge is 0.260 e. The van der Waals surface area contributed by atoms with Gasteiger partial charge in [0, 0.05) is 25.5 Å². The molecule has 0 bridgehead atoms. The minimum Gasteiger partial charge on any atom is -0.337 e. The van der Waals surface area contributed by atoms with Gasteiger partial charge in [-0.2, -0.15) is 5.10 Å². The van der Waals surface area contributed by atoms with Crippen LogP contribution in [0.4, 0.5) is 21.7 Å². The van der Waals surface area contributed by atoms with Crippen molar-refractivity contribution in [2.24, 2.45) is 7.05 Å². The van der Waals surface area contributed by atoms with Gasteiger partial charge in [-0.3, -0.25) is 9.48 Å². The molecule has 0 unspecified atom stereocenters. The number of nitrogens with one attached hydrogen (secondary N) is 2. The standard InChI is InChI=1S/C16H14FN5O/c1-22-10-8-14(21-22)20-16(23)11-5-4-9-18-15(11)19-13-7-3-2-6-12(13)17/h2-10H,1H3,(H,18,19)(H,20,21,23). The van der Waals surface area contributed by atoms with Gasteiger partial charge < -0.3 is 10.6 Å². The fourth-order valence-corrected chi connectivity index (χ4v) is 2.04. The molecular weight excluding hydrogens is 297 g/mol. The molecule has 0 saturated heterocycles. The van der Waals surface area contributed by atoms with Crippen LogP contribution in [0.15, 0.2) is 54.9 Å². The molecule has 2 aromatic heterocycles. The fraction of sp³-hybridized carbons (Fsp3) is 0.0625. The largest absolute Gasteiger partial charge is 0.337 e. The van der Waals surface area contributed by atoms with E-state index in [0.717, 1.165) is 0 Å². The molecule has 7 heteroatoms. The van der Waals surface area contributed by atoms with Crippen LogP contribution >= 0.6 is 0 Å². The summed E-state index contributed by atoms with van der Waals surface area (Å²) in [4.78, 5) is 16.5. The molecule has 0 aliphatic heterocycles. The number of nitrogens with zero attached hydrogens (tertiary/aromatic N) is 3. The van der Waals surface area contributed by atoms with Crippen molar-refractivity contribution in [1.29, 1.82) is 0 Å². The van der Waals surface area contributed by atoms with Crippen molar-refractivity contribution in [3.05, 3.63) is 66.2 Å². The van der Waals surface area contributed by atoms with Crippen LogP contribution < -0.4 is 10.6 Å². The van der Waals surface area contributed by atoms with E-state index in [4.69, 9.17) is 0 Å². The van der Waals surface area contributed by atoms with Crippen molar-refractivity contribution < 1.29 is 9.18 Å². The van der Waals surface area contributed by atoms with E-state index in [1.165, 1.54) is 12.3 Å². The number of carbonyl (C=O) groups is 1. The average Bonchev–Trinajstić information content (AvgIpc) is 2.95. The number of hydrogen-bond donors (Lipinski definition) is 2. The molecule has 2 heterocycles. The van der Waals surface area contributed by atoms with E-state index in [2.05, 4.69) is 20.7 Å². The highest BCUT2D eigenvalue weighted by molar-refractivity contribution is 6.07. The van der Waals surface area contributed by atoms with Gasteiger partial charge in [-0.25, -0.2) is 9.37 Å². The lowest BCUT2D eigenvalue weighted by atomic mass is 10.2. The van der Waals surface area contributed by atoms with Gasteiger partial charge in [-0.1, -0.05) is 12.1 Å². The first-order valence-corrected chi connectivity index (χ1v) is 6.91. The second-order valence-electron chi connectivity index (χ2n) is 4.83. The quantitative estimate of drug-likeness (QED) is 0.777. The number of para-hydroxylation sites is 1. The Kier molecular flexibility index (Phi) is 4.01. The molecule has 0 saturated carbocycles. The van der Waals surface area contributed by atoms with E-state index in [1.807, 2.05) is 0 Å². The van der Waals surface area contributed by atoms with Crippen molar-refractivity contribution in [1.82, 2.24) is 14.8 Å². The molecule has 6 nitrogen and oxygen atoms in total.